The lowest BCUT2D eigenvalue weighted by molar-refractivity contribution is -0.384. The summed E-state index contributed by atoms with van der Waals surface area (Å²) in [5, 5.41) is 13.9. The Morgan fingerprint density at radius 1 is 1.00 bits per heavy atom. The van der Waals surface area contributed by atoms with Gasteiger partial charge in [-0.25, -0.2) is 9.59 Å². The van der Waals surface area contributed by atoms with Gasteiger partial charge >= 0.3 is 11.9 Å². The maximum Gasteiger partial charge on any atom is 0.339 e. The maximum atomic E-state index is 12.5. The van der Waals surface area contributed by atoms with Crippen molar-refractivity contribution in [1.82, 2.24) is 0 Å². The molecule has 9 heteroatoms. The molecule has 0 aliphatic heterocycles. The zero-order valence-electron chi connectivity index (χ0n) is 18.0. The number of nitrogens with zero attached hydrogens (tertiary/aromatic N) is 1. The lowest BCUT2D eigenvalue weighted by Crippen LogP contribution is -2.30. The molecule has 9 nitrogen and oxygen atoms in total. The van der Waals surface area contributed by atoms with Gasteiger partial charge in [-0.15, -0.1) is 0 Å². The normalized spacial score (nSPS) is 11.4. The third-order valence-electron chi connectivity index (χ3n) is 4.45. The summed E-state index contributed by atoms with van der Waals surface area (Å²) in [6.45, 7) is 8.69. The Labute approximate surface area is 179 Å². The first-order chi connectivity index (χ1) is 14.5. The van der Waals surface area contributed by atoms with Crippen LogP contribution in [0.5, 0.6) is 0 Å². The Bertz CT molecular complexity index is 1020. The summed E-state index contributed by atoms with van der Waals surface area (Å²) < 4.78 is 10.0. The van der Waals surface area contributed by atoms with Crippen LogP contribution in [-0.2, 0) is 14.3 Å². The van der Waals surface area contributed by atoms with Crippen LogP contribution < -0.4 is 5.32 Å². The molecule has 0 saturated heterocycles. The number of rotatable bonds is 7. The Hall–Kier alpha value is -3.75. The zero-order chi connectivity index (χ0) is 23.3. The molecule has 2 aromatic carbocycles. The highest BCUT2D eigenvalue weighted by molar-refractivity contribution is 6.00. The van der Waals surface area contributed by atoms with Gasteiger partial charge in [0.25, 0.3) is 11.6 Å². The lowest BCUT2D eigenvalue weighted by Gasteiger charge is -2.17. The number of nitro groups is 1. The molecule has 1 amide bonds. The third-order valence-corrected chi connectivity index (χ3v) is 4.45. The Morgan fingerprint density at radius 2 is 1.55 bits per heavy atom. The van der Waals surface area contributed by atoms with E-state index in [0.29, 0.717) is 5.69 Å². The second kappa shape index (κ2) is 9.84. The van der Waals surface area contributed by atoms with E-state index in [-0.39, 0.29) is 17.7 Å². The minimum Gasteiger partial charge on any atom is -0.462 e. The molecule has 164 valence electrons. The van der Waals surface area contributed by atoms with E-state index in [4.69, 9.17) is 9.47 Å². The highest BCUT2D eigenvalue weighted by atomic mass is 16.6. The highest BCUT2D eigenvalue weighted by Crippen LogP contribution is 2.23. The number of benzene rings is 2. The van der Waals surface area contributed by atoms with Crippen molar-refractivity contribution in [3.05, 3.63) is 68.3 Å². The van der Waals surface area contributed by atoms with Gasteiger partial charge in [0.15, 0.2) is 6.10 Å². The molecule has 0 aliphatic carbocycles. The monoisotopic (exact) mass is 428 g/mol. The Balaban J connectivity index is 2.21. The molecule has 0 fully saturated rings. The summed E-state index contributed by atoms with van der Waals surface area (Å²) in [5.41, 5.74) is 2.53. The predicted octanol–water partition coefficient (Wildman–Crippen LogP) is 3.88. The molecule has 0 aromatic heterocycles. The van der Waals surface area contributed by atoms with Gasteiger partial charge in [0, 0.05) is 17.8 Å². The van der Waals surface area contributed by atoms with Gasteiger partial charge in [0.1, 0.15) is 0 Å². The minimum absolute atomic E-state index is 0.0658. The lowest BCUT2D eigenvalue weighted by atomic mass is 10.0. The van der Waals surface area contributed by atoms with Gasteiger partial charge in [-0.1, -0.05) is 17.7 Å². The summed E-state index contributed by atoms with van der Waals surface area (Å²) in [7, 11) is 0. The first kappa shape index (κ1) is 23.5. The van der Waals surface area contributed by atoms with Crippen LogP contribution in [0.25, 0.3) is 0 Å². The van der Waals surface area contributed by atoms with Crippen molar-refractivity contribution >= 4 is 29.2 Å². The Kier molecular flexibility index (Phi) is 7.47. The van der Waals surface area contributed by atoms with Crippen LogP contribution in [0.15, 0.2) is 30.3 Å². The summed E-state index contributed by atoms with van der Waals surface area (Å²) in [4.78, 5) is 47.4. The topological polar surface area (TPSA) is 125 Å². The number of carbonyl (C=O) groups is 3. The van der Waals surface area contributed by atoms with Gasteiger partial charge < -0.3 is 14.8 Å². The number of amides is 1. The van der Waals surface area contributed by atoms with Crippen molar-refractivity contribution in [2.75, 3.05) is 11.9 Å². The van der Waals surface area contributed by atoms with Crippen LogP contribution in [0.1, 0.15) is 51.3 Å². The number of nitrogens with one attached hydrogen (secondary N) is 1. The fourth-order valence-corrected chi connectivity index (χ4v) is 3.05. The van der Waals surface area contributed by atoms with Crippen LogP contribution in [0.3, 0.4) is 0 Å². The van der Waals surface area contributed by atoms with E-state index in [1.807, 2.05) is 32.9 Å². The second-order valence-electron chi connectivity index (χ2n) is 7.06. The van der Waals surface area contributed by atoms with Crippen molar-refractivity contribution in [3.8, 4) is 0 Å². The van der Waals surface area contributed by atoms with E-state index >= 15 is 0 Å². The number of non-ortho nitro benzene ring substituents is 1. The minimum atomic E-state index is -1.18. The van der Waals surface area contributed by atoms with Crippen molar-refractivity contribution in [2.45, 2.75) is 40.7 Å². The van der Waals surface area contributed by atoms with E-state index in [2.05, 4.69) is 5.32 Å². The van der Waals surface area contributed by atoms with Gasteiger partial charge in [-0.2, -0.15) is 0 Å². The fraction of sp³-hybridized carbons (Fsp3) is 0.318. The molecule has 2 aromatic rings. The van der Waals surface area contributed by atoms with Crippen LogP contribution in [0.4, 0.5) is 11.4 Å². The van der Waals surface area contributed by atoms with Gasteiger partial charge in [-0.05, 0) is 51.8 Å². The molecule has 0 radical (unpaired) electrons. The van der Waals surface area contributed by atoms with E-state index < -0.39 is 34.6 Å². The number of carbonyl (C=O) groups excluding carboxylic acids is 3. The molecule has 0 aliphatic rings. The largest absolute Gasteiger partial charge is 0.462 e. The van der Waals surface area contributed by atoms with Gasteiger partial charge in [-0.3, -0.25) is 14.9 Å². The molecule has 0 saturated carbocycles. The van der Waals surface area contributed by atoms with E-state index in [9.17, 15) is 24.5 Å². The van der Waals surface area contributed by atoms with Crippen molar-refractivity contribution in [3.63, 3.8) is 0 Å². The number of hydrogen-bond donors (Lipinski definition) is 1. The summed E-state index contributed by atoms with van der Waals surface area (Å²) in [6, 6.07) is 6.95. The molecule has 0 heterocycles. The van der Waals surface area contributed by atoms with E-state index in [1.54, 1.807) is 6.92 Å². The molecule has 0 spiro atoms. The standard InChI is InChI=1S/C22H24N2O7/c1-6-30-21(26)16-9-17(11-18(10-16)24(28)29)22(27)31-15(5)20(25)23-19-13(3)7-12(2)8-14(19)4/h7-11,15H,6H2,1-5H3,(H,23,25). The van der Waals surface area contributed by atoms with Crippen molar-refractivity contribution in [1.29, 1.82) is 0 Å². The number of aryl methyl sites for hydroxylation is 3. The molecule has 2 rings (SSSR count). The second-order valence-corrected chi connectivity index (χ2v) is 7.06. The number of esters is 2. The van der Waals surface area contributed by atoms with E-state index in [1.165, 1.54) is 6.92 Å². The number of nitro benzene ring substituents is 1. The van der Waals surface area contributed by atoms with Gasteiger partial charge in [0.05, 0.1) is 22.7 Å². The molecule has 1 atom stereocenters. The van der Waals surface area contributed by atoms with Crippen LogP contribution in [0.2, 0.25) is 0 Å². The number of anilines is 1. The first-order valence-corrected chi connectivity index (χ1v) is 9.59. The molecule has 31 heavy (non-hydrogen) atoms. The van der Waals surface area contributed by atoms with Crippen LogP contribution in [-0.4, -0.2) is 35.5 Å². The van der Waals surface area contributed by atoms with Crippen LogP contribution in [0, 0.1) is 30.9 Å². The fourth-order valence-electron chi connectivity index (χ4n) is 3.05. The molecular formula is C22H24N2O7. The number of hydrogen-bond acceptors (Lipinski definition) is 7. The van der Waals surface area contributed by atoms with Gasteiger partial charge in [0.2, 0.25) is 0 Å². The SMILES string of the molecule is CCOC(=O)c1cc(C(=O)OC(C)C(=O)Nc2c(C)cc(C)cc2C)cc([N+](=O)[O-])c1. The molecule has 1 unspecified atom stereocenters. The Morgan fingerprint density at radius 3 is 2.06 bits per heavy atom. The highest BCUT2D eigenvalue weighted by Gasteiger charge is 2.24. The third kappa shape index (κ3) is 5.88. The van der Waals surface area contributed by atoms with Crippen LogP contribution >= 0.6 is 0 Å². The van der Waals surface area contributed by atoms with E-state index in [0.717, 1.165) is 34.9 Å². The predicted molar refractivity (Wildman–Crippen MR) is 113 cm³/mol. The van der Waals surface area contributed by atoms with Crippen molar-refractivity contribution in [2.24, 2.45) is 0 Å². The average Bonchev–Trinajstić information content (AvgIpc) is 2.70. The van der Waals surface area contributed by atoms with Crippen molar-refractivity contribution < 1.29 is 28.8 Å². The molecule has 1 N–H and O–H groups in total. The first-order valence-electron chi connectivity index (χ1n) is 9.59. The maximum absolute atomic E-state index is 12.5. The molecular weight excluding hydrogens is 404 g/mol. The summed E-state index contributed by atoms with van der Waals surface area (Å²) >= 11 is 0. The summed E-state index contributed by atoms with van der Waals surface area (Å²) in [5.74, 6) is -2.34. The summed E-state index contributed by atoms with van der Waals surface area (Å²) in [6.07, 6.45) is -1.18. The average molecular weight is 428 g/mol. The number of ether oxygens (including phenoxy) is 2. The smallest absolute Gasteiger partial charge is 0.339 e. The zero-order valence-corrected chi connectivity index (χ0v) is 18.0. The quantitative estimate of drug-likeness (QED) is 0.403. The molecule has 0 bridgehead atoms.